The van der Waals surface area contributed by atoms with Gasteiger partial charge in [-0.3, -0.25) is 9.10 Å². The van der Waals surface area contributed by atoms with Crippen LogP contribution < -0.4 is 14.4 Å². The van der Waals surface area contributed by atoms with Crippen LogP contribution in [-0.4, -0.2) is 34.2 Å². The molecular weight excluding hydrogens is 388 g/mol. The molecule has 0 aliphatic rings. The topological polar surface area (TPSA) is 75.7 Å². The van der Waals surface area contributed by atoms with Crippen LogP contribution in [0.2, 0.25) is 0 Å². The second-order valence-electron chi connectivity index (χ2n) is 7.28. The molecule has 6 nitrogen and oxygen atoms in total. The minimum atomic E-state index is -3.63. The molecule has 2 aromatic carbocycles. The number of carbonyl (C=O) groups excluding carboxylic acids is 1. The van der Waals surface area contributed by atoms with Crippen LogP contribution in [-0.2, 0) is 14.8 Å². The third-order valence-corrected chi connectivity index (χ3v) is 5.90. The number of nitrogens with one attached hydrogen (secondary N) is 1. The lowest BCUT2D eigenvalue weighted by Gasteiger charge is -2.27. The monoisotopic (exact) mass is 418 g/mol. The molecule has 1 N–H and O–H groups in total. The first-order valence-corrected chi connectivity index (χ1v) is 11.5. The number of carbonyl (C=O) groups is 1. The lowest BCUT2D eigenvalue weighted by Crippen LogP contribution is -2.42. The number of benzene rings is 2. The molecule has 0 bridgehead atoms. The number of methoxy groups -OCH3 is 1. The average molecular weight is 419 g/mol. The van der Waals surface area contributed by atoms with Crippen molar-refractivity contribution in [2.24, 2.45) is 0 Å². The first kappa shape index (κ1) is 22.7. The Morgan fingerprint density at radius 2 is 1.72 bits per heavy atom. The van der Waals surface area contributed by atoms with E-state index in [-0.39, 0.29) is 24.4 Å². The summed E-state index contributed by atoms with van der Waals surface area (Å²) in [6.45, 7) is 5.69. The number of anilines is 1. The Balaban J connectivity index is 2.24. The van der Waals surface area contributed by atoms with Crippen LogP contribution >= 0.6 is 0 Å². The normalized spacial score (nSPS) is 12.5. The first-order valence-electron chi connectivity index (χ1n) is 9.67. The molecule has 29 heavy (non-hydrogen) atoms. The Kier molecular flexibility index (Phi) is 7.67. The summed E-state index contributed by atoms with van der Waals surface area (Å²) in [5, 5.41) is 2.96. The van der Waals surface area contributed by atoms with Gasteiger partial charge in [-0.15, -0.1) is 0 Å². The van der Waals surface area contributed by atoms with Gasteiger partial charge in [0.05, 0.1) is 25.1 Å². The van der Waals surface area contributed by atoms with Crippen LogP contribution in [0.15, 0.2) is 48.5 Å². The first-order chi connectivity index (χ1) is 13.7. The van der Waals surface area contributed by atoms with Crippen LogP contribution in [0.25, 0.3) is 0 Å². The number of rotatable bonds is 9. The maximum absolute atomic E-state index is 12.8. The van der Waals surface area contributed by atoms with Crippen LogP contribution in [0.1, 0.15) is 50.3 Å². The zero-order valence-electron chi connectivity index (χ0n) is 17.7. The summed E-state index contributed by atoms with van der Waals surface area (Å²) >= 11 is 0. The van der Waals surface area contributed by atoms with E-state index in [9.17, 15) is 13.2 Å². The molecule has 158 valence electrons. The van der Waals surface area contributed by atoms with Gasteiger partial charge in [0.15, 0.2) is 0 Å². The molecular formula is C22H30N2O4S. The van der Waals surface area contributed by atoms with Gasteiger partial charge >= 0.3 is 0 Å². The van der Waals surface area contributed by atoms with Gasteiger partial charge in [0.2, 0.25) is 15.9 Å². The maximum atomic E-state index is 12.8. The van der Waals surface area contributed by atoms with Crippen molar-refractivity contribution in [2.45, 2.75) is 39.2 Å². The van der Waals surface area contributed by atoms with E-state index in [2.05, 4.69) is 5.32 Å². The van der Waals surface area contributed by atoms with Crippen molar-refractivity contribution in [1.82, 2.24) is 5.32 Å². The number of hydrogen-bond donors (Lipinski definition) is 1. The van der Waals surface area contributed by atoms with E-state index < -0.39 is 10.0 Å². The van der Waals surface area contributed by atoms with Crippen molar-refractivity contribution in [2.75, 3.05) is 24.2 Å². The highest BCUT2D eigenvalue weighted by Crippen LogP contribution is 2.29. The summed E-state index contributed by atoms with van der Waals surface area (Å²) in [7, 11) is -2.03. The van der Waals surface area contributed by atoms with E-state index in [1.54, 1.807) is 19.2 Å². The Hall–Kier alpha value is -2.54. The summed E-state index contributed by atoms with van der Waals surface area (Å²) in [6, 6.07) is 14.5. The van der Waals surface area contributed by atoms with Crippen LogP contribution in [0, 0.1) is 0 Å². The van der Waals surface area contributed by atoms with Crippen molar-refractivity contribution < 1.29 is 17.9 Å². The van der Waals surface area contributed by atoms with Gasteiger partial charge in [-0.25, -0.2) is 8.42 Å². The van der Waals surface area contributed by atoms with E-state index in [1.807, 2.05) is 57.2 Å². The van der Waals surface area contributed by atoms with Gasteiger partial charge in [-0.05, 0) is 41.7 Å². The smallest absolute Gasteiger partial charge is 0.241 e. The van der Waals surface area contributed by atoms with Crippen LogP contribution in [0.5, 0.6) is 5.75 Å². The molecule has 0 aromatic heterocycles. The molecule has 1 atom stereocenters. The average Bonchev–Trinajstić information content (AvgIpc) is 2.69. The molecule has 2 aromatic rings. The number of para-hydroxylation sites is 1. The third-order valence-electron chi connectivity index (χ3n) is 4.78. The molecule has 0 aliphatic heterocycles. The van der Waals surface area contributed by atoms with Crippen LogP contribution in [0.4, 0.5) is 5.69 Å². The van der Waals surface area contributed by atoms with Gasteiger partial charge in [0.25, 0.3) is 0 Å². The minimum Gasteiger partial charge on any atom is -0.497 e. The fourth-order valence-electron chi connectivity index (χ4n) is 3.21. The highest BCUT2D eigenvalue weighted by atomic mass is 32.2. The van der Waals surface area contributed by atoms with E-state index in [0.717, 1.165) is 23.1 Å². The number of sulfonamides is 1. The van der Waals surface area contributed by atoms with Gasteiger partial charge in [-0.1, -0.05) is 51.1 Å². The number of hydrogen-bond acceptors (Lipinski definition) is 4. The van der Waals surface area contributed by atoms with Gasteiger partial charge in [-0.2, -0.15) is 0 Å². The molecule has 2 rings (SSSR count). The zero-order chi connectivity index (χ0) is 21.6. The highest BCUT2D eigenvalue weighted by Gasteiger charge is 2.25. The standard InChI is InChI=1S/C22H30N2O4S/c1-6-20(17-11-13-18(28-4)14-12-17)23-22(25)15-24(29(5,26)27)21-10-8-7-9-19(21)16(2)3/h7-14,16,20H,6,15H2,1-5H3,(H,23,25). The quantitative estimate of drug-likeness (QED) is 0.671. The molecule has 0 saturated heterocycles. The molecule has 0 heterocycles. The minimum absolute atomic E-state index is 0.126. The Labute approximate surface area is 173 Å². The van der Waals surface area contributed by atoms with Crippen molar-refractivity contribution >= 4 is 21.6 Å². The summed E-state index contributed by atoms with van der Waals surface area (Å²) < 4.78 is 31.3. The summed E-state index contributed by atoms with van der Waals surface area (Å²) in [4.78, 5) is 12.8. The summed E-state index contributed by atoms with van der Waals surface area (Å²) in [5.41, 5.74) is 2.36. The van der Waals surface area contributed by atoms with Crippen molar-refractivity contribution in [3.05, 3.63) is 59.7 Å². The predicted molar refractivity (Wildman–Crippen MR) is 117 cm³/mol. The SMILES string of the molecule is CCC(NC(=O)CN(c1ccccc1C(C)C)S(C)(=O)=O)c1ccc(OC)cc1. The molecule has 0 radical (unpaired) electrons. The molecule has 1 unspecified atom stereocenters. The Morgan fingerprint density at radius 1 is 1.10 bits per heavy atom. The van der Waals surface area contributed by atoms with E-state index in [1.165, 1.54) is 4.31 Å². The molecule has 0 saturated carbocycles. The van der Waals surface area contributed by atoms with Crippen molar-refractivity contribution in [3.63, 3.8) is 0 Å². The van der Waals surface area contributed by atoms with Gasteiger partial charge < -0.3 is 10.1 Å². The Morgan fingerprint density at radius 3 is 2.24 bits per heavy atom. The zero-order valence-corrected chi connectivity index (χ0v) is 18.5. The van der Waals surface area contributed by atoms with Crippen molar-refractivity contribution in [3.8, 4) is 5.75 Å². The summed E-state index contributed by atoms with van der Waals surface area (Å²) in [5.74, 6) is 0.515. The largest absolute Gasteiger partial charge is 0.497 e. The number of ether oxygens (including phenoxy) is 1. The van der Waals surface area contributed by atoms with E-state index in [0.29, 0.717) is 12.1 Å². The van der Waals surface area contributed by atoms with Gasteiger partial charge in [0, 0.05) is 0 Å². The predicted octanol–water partition coefficient (Wildman–Crippen LogP) is 3.85. The lowest BCUT2D eigenvalue weighted by molar-refractivity contribution is -0.120. The second kappa shape index (κ2) is 9.78. The molecule has 0 aliphatic carbocycles. The third kappa shape index (κ3) is 5.97. The fourth-order valence-corrected chi connectivity index (χ4v) is 4.09. The van der Waals surface area contributed by atoms with Gasteiger partial charge in [0.1, 0.15) is 12.3 Å². The maximum Gasteiger partial charge on any atom is 0.241 e. The number of amides is 1. The second-order valence-corrected chi connectivity index (χ2v) is 9.19. The summed E-state index contributed by atoms with van der Waals surface area (Å²) in [6.07, 6.45) is 1.80. The van der Waals surface area contributed by atoms with E-state index >= 15 is 0 Å². The molecule has 0 fully saturated rings. The molecule has 0 spiro atoms. The fraction of sp³-hybridized carbons (Fsp3) is 0.409. The lowest BCUT2D eigenvalue weighted by atomic mass is 10.0. The molecule has 7 heteroatoms. The van der Waals surface area contributed by atoms with Crippen molar-refractivity contribution in [1.29, 1.82) is 0 Å². The highest BCUT2D eigenvalue weighted by molar-refractivity contribution is 7.92. The number of nitrogens with zero attached hydrogens (tertiary/aromatic N) is 1. The molecule has 1 amide bonds. The van der Waals surface area contributed by atoms with Crippen LogP contribution in [0.3, 0.4) is 0 Å². The Bertz CT molecular complexity index is 924. The van der Waals surface area contributed by atoms with E-state index in [4.69, 9.17) is 4.74 Å².